The van der Waals surface area contributed by atoms with E-state index in [2.05, 4.69) is 17.1 Å². The van der Waals surface area contributed by atoms with E-state index < -0.39 is 31.4 Å². The van der Waals surface area contributed by atoms with E-state index in [4.69, 9.17) is 19.7 Å². The van der Waals surface area contributed by atoms with Gasteiger partial charge in [0.1, 0.15) is 12.2 Å². The molecule has 1 aliphatic heterocycles. The summed E-state index contributed by atoms with van der Waals surface area (Å²) in [7, 11) is 0. The lowest BCUT2D eigenvalue weighted by Gasteiger charge is -2.20. The number of carbonyl (C=O) groups excluding carboxylic acids is 2. The van der Waals surface area contributed by atoms with Gasteiger partial charge in [-0.15, -0.1) is 0 Å². The second-order valence-corrected chi connectivity index (χ2v) is 7.37. The van der Waals surface area contributed by atoms with Crippen LogP contribution in [0, 0.1) is 0 Å². The molecular weight excluding hydrogens is 364 g/mol. The normalized spacial score (nSPS) is 15.6. The zero-order chi connectivity index (χ0) is 20.6. The molecule has 164 valence electrons. The van der Waals surface area contributed by atoms with Crippen molar-refractivity contribution in [2.75, 3.05) is 39.4 Å². The average Bonchev–Trinajstić information content (AvgIpc) is 3.20. The van der Waals surface area contributed by atoms with Gasteiger partial charge in [0.15, 0.2) is 0 Å². The van der Waals surface area contributed by atoms with E-state index in [0.717, 1.165) is 45.3 Å². The van der Waals surface area contributed by atoms with Crippen molar-refractivity contribution in [2.45, 2.75) is 76.9 Å². The fraction of sp³-hybridized carbons (Fsp3) is 0.900. The van der Waals surface area contributed by atoms with E-state index >= 15 is 0 Å². The first kappa shape index (κ1) is 24.7. The van der Waals surface area contributed by atoms with Crippen LogP contribution in [-0.4, -0.2) is 78.8 Å². The minimum absolute atomic E-state index is 0.0794. The SMILES string of the molecule is CCCCCC[C@@H](CCC(=O)OC(CO)CO)OC(=O)NCCN1CCCC1. The number of nitrogens with one attached hydrogen (secondary N) is 1. The number of nitrogens with zero attached hydrogens (tertiary/aromatic N) is 1. The number of aliphatic hydroxyl groups excluding tert-OH is 2. The van der Waals surface area contributed by atoms with Gasteiger partial charge in [-0.25, -0.2) is 4.79 Å². The Kier molecular flexibility index (Phi) is 13.7. The van der Waals surface area contributed by atoms with E-state index in [9.17, 15) is 9.59 Å². The van der Waals surface area contributed by atoms with Crippen molar-refractivity contribution in [2.24, 2.45) is 0 Å². The van der Waals surface area contributed by atoms with Crippen LogP contribution in [0.25, 0.3) is 0 Å². The Balaban J connectivity index is 2.34. The molecule has 1 aliphatic rings. The van der Waals surface area contributed by atoms with Crippen LogP contribution in [-0.2, 0) is 14.3 Å². The van der Waals surface area contributed by atoms with Crippen molar-refractivity contribution >= 4 is 12.1 Å². The van der Waals surface area contributed by atoms with E-state index in [0.29, 0.717) is 19.4 Å². The first-order chi connectivity index (χ1) is 13.6. The minimum atomic E-state index is -0.898. The summed E-state index contributed by atoms with van der Waals surface area (Å²) in [5.41, 5.74) is 0. The zero-order valence-electron chi connectivity index (χ0n) is 17.2. The zero-order valence-corrected chi connectivity index (χ0v) is 17.2. The maximum absolute atomic E-state index is 12.1. The summed E-state index contributed by atoms with van der Waals surface area (Å²) in [6, 6.07) is 0. The van der Waals surface area contributed by atoms with E-state index in [1.807, 2.05) is 0 Å². The van der Waals surface area contributed by atoms with Gasteiger partial charge in [0.05, 0.1) is 13.2 Å². The van der Waals surface area contributed by atoms with Crippen molar-refractivity contribution < 1.29 is 29.3 Å². The molecule has 1 amide bonds. The number of hydrogen-bond donors (Lipinski definition) is 3. The number of unbranched alkanes of at least 4 members (excludes halogenated alkanes) is 3. The average molecular weight is 403 g/mol. The van der Waals surface area contributed by atoms with Crippen LogP contribution in [0.4, 0.5) is 4.79 Å². The van der Waals surface area contributed by atoms with Crippen molar-refractivity contribution in [1.29, 1.82) is 0 Å². The topological polar surface area (TPSA) is 108 Å². The van der Waals surface area contributed by atoms with Gasteiger partial charge in [0, 0.05) is 19.5 Å². The molecule has 0 aliphatic carbocycles. The maximum Gasteiger partial charge on any atom is 0.407 e. The third-order valence-corrected chi connectivity index (χ3v) is 4.93. The van der Waals surface area contributed by atoms with Gasteiger partial charge in [-0.05, 0) is 45.2 Å². The molecule has 3 N–H and O–H groups in total. The molecule has 8 heteroatoms. The molecule has 0 aromatic rings. The first-order valence-corrected chi connectivity index (χ1v) is 10.7. The standard InChI is InChI=1S/C20H38N2O6/c1-2-3-4-5-8-17(9-10-19(25)27-18(15-23)16-24)28-20(26)21-11-14-22-12-6-7-13-22/h17-18,23-24H,2-16H2,1H3,(H,21,26)/t17-/m0/s1. The third-order valence-electron chi connectivity index (χ3n) is 4.93. The molecule has 28 heavy (non-hydrogen) atoms. The van der Waals surface area contributed by atoms with Crippen LogP contribution in [0.5, 0.6) is 0 Å². The predicted octanol–water partition coefficient (Wildman–Crippen LogP) is 1.82. The van der Waals surface area contributed by atoms with Crippen molar-refractivity contribution in [3.8, 4) is 0 Å². The molecule has 0 aromatic heterocycles. The maximum atomic E-state index is 12.1. The summed E-state index contributed by atoms with van der Waals surface area (Å²) >= 11 is 0. The Morgan fingerprint density at radius 2 is 1.71 bits per heavy atom. The number of carbonyl (C=O) groups is 2. The smallest absolute Gasteiger partial charge is 0.407 e. The van der Waals surface area contributed by atoms with Gasteiger partial charge in [0.2, 0.25) is 0 Å². The van der Waals surface area contributed by atoms with E-state index in [1.54, 1.807) is 0 Å². The van der Waals surface area contributed by atoms with Crippen LogP contribution in [0.3, 0.4) is 0 Å². The molecule has 8 nitrogen and oxygen atoms in total. The summed E-state index contributed by atoms with van der Waals surface area (Å²) < 4.78 is 10.5. The highest BCUT2D eigenvalue weighted by molar-refractivity contribution is 5.70. The summed E-state index contributed by atoms with van der Waals surface area (Å²) in [6.45, 7) is 4.85. The lowest BCUT2D eigenvalue weighted by atomic mass is 10.1. The Morgan fingerprint density at radius 3 is 2.36 bits per heavy atom. The first-order valence-electron chi connectivity index (χ1n) is 10.7. The highest BCUT2D eigenvalue weighted by Gasteiger charge is 2.19. The van der Waals surface area contributed by atoms with Crippen molar-refractivity contribution in [3.63, 3.8) is 0 Å². The summed E-state index contributed by atoms with van der Waals surface area (Å²) in [5, 5.41) is 20.8. The third kappa shape index (κ3) is 11.5. The van der Waals surface area contributed by atoms with Gasteiger partial charge < -0.3 is 29.9 Å². The molecule has 1 atom stereocenters. The molecule has 1 rings (SSSR count). The molecule has 0 radical (unpaired) electrons. The van der Waals surface area contributed by atoms with Crippen LogP contribution in [0.1, 0.15) is 64.7 Å². The minimum Gasteiger partial charge on any atom is -0.457 e. The molecule has 0 saturated carbocycles. The molecule has 0 unspecified atom stereocenters. The Morgan fingerprint density at radius 1 is 1.00 bits per heavy atom. The fourth-order valence-electron chi connectivity index (χ4n) is 3.23. The molecular formula is C20H38N2O6. The van der Waals surface area contributed by atoms with Gasteiger partial charge in [-0.3, -0.25) is 4.79 Å². The van der Waals surface area contributed by atoms with Gasteiger partial charge >= 0.3 is 12.1 Å². The summed E-state index contributed by atoms with van der Waals surface area (Å²) in [5.74, 6) is -0.510. The van der Waals surface area contributed by atoms with Crippen LogP contribution in [0.2, 0.25) is 0 Å². The Labute approximate surface area is 168 Å². The molecule has 0 spiro atoms. The lowest BCUT2D eigenvalue weighted by molar-refractivity contribution is -0.154. The van der Waals surface area contributed by atoms with E-state index in [1.165, 1.54) is 12.8 Å². The van der Waals surface area contributed by atoms with Gasteiger partial charge in [0.25, 0.3) is 0 Å². The van der Waals surface area contributed by atoms with Crippen LogP contribution >= 0.6 is 0 Å². The number of alkyl carbamates (subject to hydrolysis) is 1. The molecule has 0 bridgehead atoms. The number of hydrogen-bond acceptors (Lipinski definition) is 7. The Bertz CT molecular complexity index is 425. The molecule has 1 saturated heterocycles. The summed E-state index contributed by atoms with van der Waals surface area (Å²) in [4.78, 5) is 26.3. The fourth-order valence-corrected chi connectivity index (χ4v) is 3.23. The number of ether oxygens (including phenoxy) is 2. The van der Waals surface area contributed by atoms with E-state index in [-0.39, 0.29) is 12.5 Å². The summed E-state index contributed by atoms with van der Waals surface area (Å²) in [6.07, 6.45) is 6.14. The highest BCUT2D eigenvalue weighted by atomic mass is 16.6. The number of likely N-dealkylation sites (tertiary alicyclic amines) is 1. The van der Waals surface area contributed by atoms with Gasteiger partial charge in [-0.1, -0.05) is 26.2 Å². The van der Waals surface area contributed by atoms with Crippen molar-refractivity contribution in [3.05, 3.63) is 0 Å². The predicted molar refractivity (Wildman–Crippen MR) is 106 cm³/mol. The van der Waals surface area contributed by atoms with Crippen LogP contribution < -0.4 is 5.32 Å². The van der Waals surface area contributed by atoms with Crippen LogP contribution in [0.15, 0.2) is 0 Å². The van der Waals surface area contributed by atoms with Gasteiger partial charge in [-0.2, -0.15) is 0 Å². The largest absolute Gasteiger partial charge is 0.457 e. The number of amides is 1. The molecule has 1 heterocycles. The highest BCUT2D eigenvalue weighted by Crippen LogP contribution is 2.14. The number of esters is 1. The Hall–Kier alpha value is -1.38. The lowest BCUT2D eigenvalue weighted by Crippen LogP contribution is -2.35. The van der Waals surface area contributed by atoms with Crippen molar-refractivity contribution in [1.82, 2.24) is 10.2 Å². The number of aliphatic hydroxyl groups is 2. The second kappa shape index (κ2) is 15.5. The monoisotopic (exact) mass is 402 g/mol. The number of rotatable bonds is 15. The quantitative estimate of drug-likeness (QED) is 0.283. The second-order valence-electron chi connectivity index (χ2n) is 7.37. The molecule has 1 fully saturated rings. The molecule has 0 aromatic carbocycles.